The lowest BCUT2D eigenvalue weighted by atomic mass is 9.96. The van der Waals surface area contributed by atoms with Crippen LogP contribution in [-0.4, -0.2) is 32.0 Å². The van der Waals surface area contributed by atoms with E-state index in [2.05, 4.69) is 60.0 Å². The van der Waals surface area contributed by atoms with Crippen molar-refractivity contribution in [3.63, 3.8) is 0 Å². The van der Waals surface area contributed by atoms with E-state index in [1.165, 1.54) is 18.2 Å². The Kier molecular flexibility index (Phi) is 14.0. The third-order valence-electron chi connectivity index (χ3n) is 9.38. The first-order chi connectivity index (χ1) is 26.6. The number of benzene rings is 3. The summed E-state index contributed by atoms with van der Waals surface area (Å²) < 4.78 is 0. The first-order valence-electron chi connectivity index (χ1n) is 18.8. The summed E-state index contributed by atoms with van der Waals surface area (Å²) in [5.41, 5.74) is 1.48. The Hall–Kier alpha value is -6.22. The Labute approximate surface area is 319 Å². The summed E-state index contributed by atoms with van der Waals surface area (Å²) in [4.78, 5) is 65.9. The first-order valence-corrected chi connectivity index (χ1v) is 18.8. The number of urea groups is 2. The van der Waals surface area contributed by atoms with E-state index in [-0.39, 0.29) is 40.8 Å². The molecule has 15 nitrogen and oxygen atoms in total. The van der Waals surface area contributed by atoms with Crippen LogP contribution < -0.4 is 37.9 Å². The van der Waals surface area contributed by atoms with Crippen LogP contribution in [0.5, 0.6) is 0 Å². The zero-order valence-electron chi connectivity index (χ0n) is 31.7. The average Bonchev–Trinajstić information content (AvgIpc) is 3.17. The van der Waals surface area contributed by atoms with Crippen molar-refractivity contribution in [3.05, 3.63) is 105 Å². The van der Waals surface area contributed by atoms with Gasteiger partial charge in [-0.2, -0.15) is 15.1 Å². The van der Waals surface area contributed by atoms with Gasteiger partial charge in [0.2, 0.25) is 11.9 Å². The molecule has 2 unspecified atom stereocenters. The van der Waals surface area contributed by atoms with Gasteiger partial charge >= 0.3 is 12.1 Å². The van der Waals surface area contributed by atoms with Gasteiger partial charge in [-0.05, 0) is 78.6 Å². The monoisotopic (exact) mass is 747 g/mol. The number of aromatic nitrogens is 4. The summed E-state index contributed by atoms with van der Waals surface area (Å²) in [6.45, 7) is 8.30. The molecule has 2 atom stereocenters. The quantitative estimate of drug-likeness (QED) is 0.0248. The van der Waals surface area contributed by atoms with Crippen molar-refractivity contribution in [2.24, 2.45) is 16.1 Å². The highest BCUT2D eigenvalue weighted by Gasteiger charge is 2.20. The molecule has 0 spiro atoms. The second-order valence-corrected chi connectivity index (χ2v) is 13.4. The molecule has 0 bridgehead atoms. The van der Waals surface area contributed by atoms with Gasteiger partial charge in [0.05, 0.1) is 11.4 Å². The largest absolute Gasteiger partial charge is 0.343 e. The Balaban J connectivity index is 1.42. The molecular weight excluding hydrogens is 699 g/mol. The summed E-state index contributed by atoms with van der Waals surface area (Å²) >= 11 is 0. The second-order valence-electron chi connectivity index (χ2n) is 13.4. The molecule has 0 aliphatic carbocycles. The normalized spacial score (nSPS) is 12.4. The van der Waals surface area contributed by atoms with Crippen molar-refractivity contribution in [1.29, 1.82) is 0 Å². The fourth-order valence-corrected chi connectivity index (χ4v) is 6.34. The van der Waals surface area contributed by atoms with E-state index in [4.69, 9.17) is 5.84 Å². The highest BCUT2D eigenvalue weighted by Crippen LogP contribution is 2.33. The Bertz CT molecular complexity index is 2250. The molecule has 0 saturated heterocycles. The van der Waals surface area contributed by atoms with Gasteiger partial charge in [-0.1, -0.05) is 83.7 Å². The lowest BCUT2D eigenvalue weighted by Crippen LogP contribution is -2.41. The Morgan fingerprint density at radius 1 is 0.727 bits per heavy atom. The van der Waals surface area contributed by atoms with E-state index >= 15 is 0 Å². The third-order valence-corrected chi connectivity index (χ3v) is 9.38. The lowest BCUT2D eigenvalue weighted by Gasteiger charge is -2.20. The number of nitrogens with two attached hydrogens (primary N) is 1. The Morgan fingerprint density at radius 2 is 1.33 bits per heavy atom. The molecule has 2 aromatic heterocycles. The van der Waals surface area contributed by atoms with Gasteiger partial charge in [-0.25, -0.2) is 20.4 Å². The number of carbonyl (C=O) groups is 2. The first kappa shape index (κ1) is 40.0. The van der Waals surface area contributed by atoms with Crippen molar-refractivity contribution in [2.45, 2.75) is 90.9 Å². The summed E-state index contributed by atoms with van der Waals surface area (Å²) in [5.74, 6) is 6.55. The third kappa shape index (κ3) is 10.9. The molecule has 55 heavy (non-hydrogen) atoms. The zero-order chi connectivity index (χ0) is 39.3. The van der Waals surface area contributed by atoms with Crippen LogP contribution in [-0.2, 0) is 0 Å². The SMILES string of the molecule is CCCCC(CC)c1cc(=O)nc(NC(=O)Nc2ccc(N=Nc3ccc4ccccc4c3)c(N(N)C(=O)Nc3nc(=O)cc(C(CC)CCCC)[nH]3)c2)[nH]1. The molecular formula is C40H49N11O4. The molecule has 0 radical (unpaired) electrons. The minimum absolute atomic E-state index is 0.000430. The van der Waals surface area contributed by atoms with E-state index in [9.17, 15) is 19.2 Å². The van der Waals surface area contributed by atoms with Gasteiger partial charge in [0.25, 0.3) is 11.1 Å². The maximum atomic E-state index is 13.6. The smallest absolute Gasteiger partial charge is 0.329 e. The Morgan fingerprint density at radius 3 is 1.93 bits per heavy atom. The minimum atomic E-state index is -0.835. The molecule has 7 N–H and O–H groups in total. The maximum Gasteiger partial charge on any atom is 0.343 e. The summed E-state index contributed by atoms with van der Waals surface area (Å²) in [6, 6.07) is 19.4. The molecule has 3 aromatic carbocycles. The number of hydrazine groups is 1. The minimum Gasteiger partial charge on any atom is -0.329 e. The number of amides is 4. The fraction of sp³-hybridized carbons (Fsp3) is 0.350. The predicted molar refractivity (Wildman–Crippen MR) is 218 cm³/mol. The molecule has 0 fully saturated rings. The molecule has 0 aliphatic rings. The second kappa shape index (κ2) is 19.2. The van der Waals surface area contributed by atoms with Gasteiger partial charge in [0.1, 0.15) is 5.69 Å². The van der Waals surface area contributed by atoms with Gasteiger partial charge < -0.3 is 15.3 Å². The van der Waals surface area contributed by atoms with Crippen LogP contribution >= 0.6 is 0 Å². The van der Waals surface area contributed by atoms with Crippen LogP contribution in [0.4, 0.5) is 44.2 Å². The predicted octanol–water partition coefficient (Wildman–Crippen LogP) is 9.35. The number of H-pyrrole nitrogens is 2. The molecule has 5 rings (SSSR count). The van der Waals surface area contributed by atoms with Crippen LogP contribution in [0.1, 0.15) is 102 Å². The molecule has 15 heteroatoms. The van der Waals surface area contributed by atoms with Crippen molar-refractivity contribution >= 4 is 57.5 Å². The van der Waals surface area contributed by atoms with Crippen LogP contribution in [0.15, 0.2) is 92.6 Å². The van der Waals surface area contributed by atoms with Crippen molar-refractivity contribution in [3.8, 4) is 0 Å². The van der Waals surface area contributed by atoms with Gasteiger partial charge in [0, 0.05) is 29.2 Å². The summed E-state index contributed by atoms with van der Waals surface area (Å²) in [5, 5.41) is 19.5. The standard InChI is InChI=1S/C40H49N11O4/c1-5-9-13-25(7-3)32-23-35(52)45-37(43-32)47-39(54)42-29-19-20-31(50-49-30-18-17-27-15-11-12-16-28(27)21-30)34(22-29)51(41)40(55)48-38-44-33(24-36(53)46-38)26(8-4)14-10-6-2/h11-12,15-26H,5-10,13-14,41H2,1-4H3,(H2,44,46,48,53,55)(H3,42,43,45,47,52,54). The van der Waals surface area contributed by atoms with E-state index in [0.29, 0.717) is 17.1 Å². The van der Waals surface area contributed by atoms with Crippen LogP contribution in [0.25, 0.3) is 10.8 Å². The number of aromatic amines is 2. The number of carbonyl (C=O) groups excluding carboxylic acids is 2. The zero-order valence-corrected chi connectivity index (χ0v) is 31.7. The van der Waals surface area contributed by atoms with Crippen LogP contribution in [0.2, 0.25) is 0 Å². The van der Waals surface area contributed by atoms with Gasteiger partial charge in [-0.15, -0.1) is 5.11 Å². The maximum absolute atomic E-state index is 13.6. The molecule has 2 heterocycles. The number of hydrogen-bond donors (Lipinski definition) is 6. The number of anilines is 4. The molecule has 5 aromatic rings. The summed E-state index contributed by atoms with van der Waals surface area (Å²) in [6.07, 6.45) is 7.40. The highest BCUT2D eigenvalue weighted by atomic mass is 16.2. The number of hydrogen-bond acceptors (Lipinski definition) is 9. The van der Waals surface area contributed by atoms with Gasteiger partial charge in [-0.3, -0.25) is 20.2 Å². The number of nitrogens with one attached hydrogen (secondary N) is 5. The molecule has 0 saturated carbocycles. The fourth-order valence-electron chi connectivity index (χ4n) is 6.34. The highest BCUT2D eigenvalue weighted by molar-refractivity contribution is 6.03. The van der Waals surface area contributed by atoms with Crippen LogP contribution in [0, 0.1) is 0 Å². The number of azo groups is 1. The van der Waals surface area contributed by atoms with E-state index in [0.717, 1.165) is 67.1 Å². The topological polar surface area (TPSA) is 216 Å². The molecule has 4 amide bonds. The summed E-state index contributed by atoms with van der Waals surface area (Å²) in [7, 11) is 0. The van der Waals surface area contributed by atoms with Crippen molar-refractivity contribution < 1.29 is 9.59 Å². The van der Waals surface area contributed by atoms with Crippen molar-refractivity contribution in [1.82, 2.24) is 19.9 Å². The molecule has 288 valence electrons. The van der Waals surface area contributed by atoms with E-state index in [1.807, 2.05) is 56.3 Å². The van der Waals surface area contributed by atoms with E-state index in [1.54, 1.807) is 12.1 Å². The van der Waals surface area contributed by atoms with Crippen LogP contribution in [0.3, 0.4) is 0 Å². The molecule has 0 aliphatic heterocycles. The average molecular weight is 748 g/mol. The van der Waals surface area contributed by atoms with E-state index < -0.39 is 23.2 Å². The number of rotatable bonds is 16. The lowest BCUT2D eigenvalue weighted by molar-refractivity contribution is 0.257. The van der Waals surface area contributed by atoms with Gasteiger partial charge in [0.15, 0.2) is 0 Å². The number of unbranched alkanes of at least 4 members (excludes halogenated alkanes) is 2. The van der Waals surface area contributed by atoms with Crippen molar-refractivity contribution in [2.75, 3.05) is 21.0 Å². The number of nitrogens with zero attached hydrogens (tertiary/aromatic N) is 5. The number of fused-ring (bicyclic) bond motifs is 1.